The van der Waals surface area contributed by atoms with Crippen molar-refractivity contribution in [1.82, 2.24) is 35.2 Å². The summed E-state index contributed by atoms with van der Waals surface area (Å²) in [7, 11) is 3.78. The highest BCUT2D eigenvalue weighted by Gasteiger charge is 2.23. The summed E-state index contributed by atoms with van der Waals surface area (Å²) < 4.78 is 3.96. The van der Waals surface area contributed by atoms with E-state index >= 15 is 0 Å². The van der Waals surface area contributed by atoms with E-state index in [9.17, 15) is 0 Å². The molecule has 2 aromatic heterocycles. The number of rotatable bonds is 4. The van der Waals surface area contributed by atoms with Crippen LogP contribution in [0.5, 0.6) is 0 Å². The van der Waals surface area contributed by atoms with Gasteiger partial charge in [0.05, 0.1) is 12.2 Å². The number of fused-ring (bicyclic) bond motifs is 1. The third-order valence-corrected chi connectivity index (χ3v) is 5.05. The molecule has 142 valence electrons. The van der Waals surface area contributed by atoms with E-state index in [4.69, 9.17) is 0 Å². The zero-order chi connectivity index (χ0) is 18.8. The number of hydrogen-bond acceptors (Lipinski definition) is 4. The minimum Gasteiger partial charge on any atom is -0.352 e. The lowest BCUT2D eigenvalue weighted by Gasteiger charge is -2.25. The van der Waals surface area contributed by atoms with Crippen LogP contribution in [-0.4, -0.2) is 43.6 Å². The van der Waals surface area contributed by atoms with Gasteiger partial charge in [-0.3, -0.25) is 9.67 Å². The second-order valence-corrected chi connectivity index (χ2v) is 7.30. The fourth-order valence-corrected chi connectivity index (χ4v) is 3.32. The molecule has 26 heavy (non-hydrogen) atoms. The molecule has 0 spiro atoms. The van der Waals surface area contributed by atoms with E-state index in [1.807, 2.05) is 23.3 Å². The largest absolute Gasteiger partial charge is 0.352 e. The van der Waals surface area contributed by atoms with Crippen molar-refractivity contribution in [2.45, 2.75) is 65.6 Å². The van der Waals surface area contributed by atoms with Gasteiger partial charge in [0.25, 0.3) is 0 Å². The molecule has 8 nitrogen and oxygen atoms in total. The Morgan fingerprint density at radius 2 is 2.08 bits per heavy atom. The molecule has 0 saturated carbocycles. The van der Waals surface area contributed by atoms with E-state index in [0.717, 1.165) is 42.7 Å². The van der Waals surface area contributed by atoms with Crippen LogP contribution in [0.4, 0.5) is 0 Å². The summed E-state index contributed by atoms with van der Waals surface area (Å²) >= 11 is 0. The zero-order valence-corrected chi connectivity index (χ0v) is 16.7. The molecule has 8 heteroatoms. The summed E-state index contributed by atoms with van der Waals surface area (Å²) in [4.78, 5) is 9.03. The molecular weight excluding hydrogens is 328 g/mol. The van der Waals surface area contributed by atoms with Crippen LogP contribution >= 0.6 is 0 Å². The van der Waals surface area contributed by atoms with E-state index in [1.54, 1.807) is 7.05 Å². The lowest BCUT2D eigenvalue weighted by molar-refractivity contribution is 0.391. The number of nitrogens with one attached hydrogen (secondary N) is 2. The highest BCUT2D eigenvalue weighted by Crippen LogP contribution is 2.17. The molecule has 2 N–H and O–H groups in total. The van der Waals surface area contributed by atoms with Crippen LogP contribution in [0.3, 0.4) is 0 Å². The Kier molecular flexibility index (Phi) is 5.29. The van der Waals surface area contributed by atoms with Crippen molar-refractivity contribution in [3.05, 3.63) is 28.6 Å². The quantitative estimate of drug-likeness (QED) is 0.638. The number of aryl methyl sites for hydroxylation is 3. The van der Waals surface area contributed by atoms with E-state index in [1.165, 1.54) is 11.3 Å². The van der Waals surface area contributed by atoms with Crippen LogP contribution < -0.4 is 10.6 Å². The number of nitrogens with zero attached hydrogens (tertiary/aromatic N) is 6. The molecule has 1 unspecified atom stereocenters. The van der Waals surface area contributed by atoms with E-state index < -0.39 is 0 Å². The van der Waals surface area contributed by atoms with E-state index in [2.05, 4.69) is 51.6 Å². The van der Waals surface area contributed by atoms with Crippen LogP contribution in [0.15, 0.2) is 4.99 Å². The molecule has 3 heterocycles. The predicted octanol–water partition coefficient (Wildman–Crippen LogP) is 1.43. The average Bonchev–Trinajstić information content (AvgIpc) is 3.13. The molecule has 2 aromatic rings. The number of aliphatic imine (C=N–C) groups is 1. The Bertz CT molecular complexity index is 798. The second kappa shape index (κ2) is 7.47. The molecular formula is C18H30N8. The van der Waals surface area contributed by atoms with E-state index in [-0.39, 0.29) is 0 Å². The molecule has 0 fully saturated rings. The van der Waals surface area contributed by atoms with Crippen molar-refractivity contribution in [1.29, 1.82) is 0 Å². The van der Waals surface area contributed by atoms with Crippen molar-refractivity contribution in [3.63, 3.8) is 0 Å². The third-order valence-electron chi connectivity index (χ3n) is 5.05. The molecule has 0 radical (unpaired) electrons. The van der Waals surface area contributed by atoms with Gasteiger partial charge >= 0.3 is 0 Å². The van der Waals surface area contributed by atoms with Gasteiger partial charge in [0, 0.05) is 50.3 Å². The number of aromatic nitrogens is 5. The maximum Gasteiger partial charge on any atom is 0.191 e. The summed E-state index contributed by atoms with van der Waals surface area (Å²) in [5.74, 6) is 3.20. The first kappa shape index (κ1) is 18.4. The number of guanidine groups is 1. The molecule has 1 aliphatic rings. The molecule has 3 rings (SSSR count). The summed E-state index contributed by atoms with van der Waals surface area (Å²) in [6, 6.07) is 0.298. The van der Waals surface area contributed by atoms with Crippen LogP contribution in [0.1, 0.15) is 54.8 Å². The highest BCUT2D eigenvalue weighted by atomic mass is 15.4. The van der Waals surface area contributed by atoms with Crippen molar-refractivity contribution in [2.75, 3.05) is 7.05 Å². The van der Waals surface area contributed by atoms with Crippen molar-refractivity contribution < 1.29 is 0 Å². The van der Waals surface area contributed by atoms with Gasteiger partial charge in [0.15, 0.2) is 11.8 Å². The molecule has 1 atom stereocenters. The summed E-state index contributed by atoms with van der Waals surface area (Å²) in [5, 5.41) is 16.1. The number of hydrogen-bond donors (Lipinski definition) is 2. The molecule has 1 aliphatic heterocycles. The Morgan fingerprint density at radius 1 is 1.31 bits per heavy atom. The van der Waals surface area contributed by atoms with Crippen molar-refractivity contribution >= 4 is 5.96 Å². The van der Waals surface area contributed by atoms with Crippen LogP contribution in [0, 0.1) is 13.8 Å². The summed E-state index contributed by atoms with van der Waals surface area (Å²) in [6.07, 6.45) is 1.97. The van der Waals surface area contributed by atoms with Gasteiger partial charge in [0.1, 0.15) is 5.82 Å². The van der Waals surface area contributed by atoms with Gasteiger partial charge in [-0.1, -0.05) is 13.8 Å². The van der Waals surface area contributed by atoms with Gasteiger partial charge in [-0.25, -0.2) is 9.67 Å². The lowest BCUT2D eigenvalue weighted by atomic mass is 10.1. The topological polar surface area (TPSA) is 84.9 Å². The normalized spacial score (nSPS) is 17.5. The molecule has 0 saturated heterocycles. The van der Waals surface area contributed by atoms with Gasteiger partial charge in [-0.15, -0.1) is 0 Å². The molecule has 0 aromatic carbocycles. The van der Waals surface area contributed by atoms with Crippen LogP contribution in [0.25, 0.3) is 0 Å². The second-order valence-electron chi connectivity index (χ2n) is 7.30. The average molecular weight is 358 g/mol. The molecule has 0 aliphatic carbocycles. The first-order chi connectivity index (χ1) is 12.4. The minimum atomic E-state index is 0.298. The van der Waals surface area contributed by atoms with Gasteiger partial charge in [-0.2, -0.15) is 10.2 Å². The lowest BCUT2D eigenvalue weighted by Crippen LogP contribution is -2.46. The van der Waals surface area contributed by atoms with Gasteiger partial charge in [0.2, 0.25) is 0 Å². The fourth-order valence-electron chi connectivity index (χ4n) is 3.32. The van der Waals surface area contributed by atoms with E-state index in [0.29, 0.717) is 18.5 Å². The van der Waals surface area contributed by atoms with Crippen molar-refractivity contribution in [3.8, 4) is 0 Å². The monoisotopic (exact) mass is 358 g/mol. The predicted molar refractivity (Wildman–Crippen MR) is 102 cm³/mol. The molecule has 0 bridgehead atoms. The summed E-state index contributed by atoms with van der Waals surface area (Å²) in [6.45, 7) is 9.92. The Morgan fingerprint density at radius 3 is 2.69 bits per heavy atom. The van der Waals surface area contributed by atoms with Gasteiger partial charge in [-0.05, 0) is 20.3 Å². The molecule has 0 amide bonds. The fraction of sp³-hybridized carbons (Fsp3) is 0.667. The Labute approximate surface area is 155 Å². The maximum absolute atomic E-state index is 4.65. The minimum absolute atomic E-state index is 0.298. The van der Waals surface area contributed by atoms with Crippen LogP contribution in [0.2, 0.25) is 0 Å². The van der Waals surface area contributed by atoms with Crippen LogP contribution in [-0.2, 0) is 26.6 Å². The SMILES string of the molecule is CN=C(NCc1c(C)nn(C)c1C)NC1CCc2nc(C(C)C)nn2C1. The van der Waals surface area contributed by atoms with Gasteiger partial charge < -0.3 is 10.6 Å². The smallest absolute Gasteiger partial charge is 0.191 e. The highest BCUT2D eigenvalue weighted by molar-refractivity contribution is 5.80. The Hall–Kier alpha value is -2.38. The standard InChI is InChI=1S/C18H30N8/c1-11(2)17-22-16-8-7-14(10-26(16)24-17)21-18(19-5)20-9-15-12(3)23-25(6)13(15)4/h11,14H,7-10H2,1-6H3,(H2,19,20,21). The van der Waals surface area contributed by atoms with Crippen molar-refractivity contribution in [2.24, 2.45) is 12.0 Å². The first-order valence-corrected chi connectivity index (χ1v) is 9.29. The third kappa shape index (κ3) is 3.73. The maximum atomic E-state index is 4.65. The Balaban J connectivity index is 1.60. The summed E-state index contributed by atoms with van der Waals surface area (Å²) in [5.41, 5.74) is 3.45. The zero-order valence-electron chi connectivity index (χ0n) is 16.7. The first-order valence-electron chi connectivity index (χ1n) is 9.29.